The zero-order chi connectivity index (χ0) is 25.0. The first-order chi connectivity index (χ1) is 17.5. The van der Waals surface area contributed by atoms with Crippen molar-refractivity contribution in [2.45, 2.75) is 49.6 Å². The third kappa shape index (κ3) is 5.88. The summed E-state index contributed by atoms with van der Waals surface area (Å²) in [5.41, 5.74) is 1.11. The van der Waals surface area contributed by atoms with Gasteiger partial charge in [-0.1, -0.05) is 12.1 Å². The van der Waals surface area contributed by atoms with E-state index in [-0.39, 0.29) is 6.10 Å². The van der Waals surface area contributed by atoms with E-state index in [1.807, 2.05) is 43.3 Å². The highest BCUT2D eigenvalue weighted by molar-refractivity contribution is 7.89. The minimum atomic E-state index is -3.52. The lowest BCUT2D eigenvalue weighted by molar-refractivity contribution is 0.0585. The summed E-state index contributed by atoms with van der Waals surface area (Å²) in [5, 5.41) is 0. The first-order valence-electron chi connectivity index (χ1n) is 12.6. The number of pyridine rings is 1. The Hall–Kier alpha value is -2.94. The molecular formula is C28H33N3O4S. The van der Waals surface area contributed by atoms with Gasteiger partial charge < -0.3 is 14.4 Å². The maximum atomic E-state index is 13.3. The zero-order valence-corrected chi connectivity index (χ0v) is 21.4. The van der Waals surface area contributed by atoms with E-state index < -0.39 is 10.0 Å². The molecule has 2 fully saturated rings. The Balaban J connectivity index is 1.12. The van der Waals surface area contributed by atoms with Crippen molar-refractivity contribution in [3.8, 4) is 17.2 Å². The molecule has 5 rings (SSSR count). The van der Waals surface area contributed by atoms with Gasteiger partial charge in [0, 0.05) is 44.6 Å². The van der Waals surface area contributed by atoms with Gasteiger partial charge in [0.15, 0.2) is 0 Å². The number of benzene rings is 2. The van der Waals surface area contributed by atoms with Crippen LogP contribution in [0.1, 0.15) is 31.2 Å². The summed E-state index contributed by atoms with van der Waals surface area (Å²) in [6.07, 6.45) is 7.39. The number of likely N-dealkylation sites (tertiary alicyclic amines) is 1. The lowest BCUT2D eigenvalue weighted by Gasteiger charge is -2.41. The van der Waals surface area contributed by atoms with Crippen LogP contribution < -0.4 is 9.47 Å². The van der Waals surface area contributed by atoms with E-state index >= 15 is 0 Å². The molecule has 3 aromatic rings. The predicted octanol–water partition coefficient (Wildman–Crippen LogP) is 4.88. The van der Waals surface area contributed by atoms with Gasteiger partial charge in [-0.05, 0) is 86.7 Å². The molecule has 0 aliphatic carbocycles. The Morgan fingerprint density at radius 2 is 1.50 bits per heavy atom. The van der Waals surface area contributed by atoms with Gasteiger partial charge in [0.2, 0.25) is 10.0 Å². The van der Waals surface area contributed by atoms with E-state index in [2.05, 4.69) is 9.88 Å². The molecular weight excluding hydrogens is 474 g/mol. The van der Waals surface area contributed by atoms with Crippen LogP contribution in [-0.4, -0.2) is 60.9 Å². The molecule has 0 bridgehead atoms. The number of rotatable bonds is 7. The summed E-state index contributed by atoms with van der Waals surface area (Å²) in [7, 11) is -3.52. The Kier molecular flexibility index (Phi) is 7.55. The molecule has 2 saturated heterocycles. The maximum Gasteiger partial charge on any atom is 0.243 e. The lowest BCUT2D eigenvalue weighted by Crippen LogP contribution is -2.50. The molecule has 8 heteroatoms. The summed E-state index contributed by atoms with van der Waals surface area (Å²) >= 11 is 0. The topological polar surface area (TPSA) is 72.0 Å². The van der Waals surface area contributed by atoms with E-state index in [0.29, 0.717) is 29.8 Å². The van der Waals surface area contributed by atoms with Crippen LogP contribution in [0.25, 0.3) is 0 Å². The van der Waals surface area contributed by atoms with Crippen molar-refractivity contribution in [1.29, 1.82) is 0 Å². The number of hydrogen-bond donors (Lipinski definition) is 0. The molecule has 0 amide bonds. The molecule has 3 heterocycles. The van der Waals surface area contributed by atoms with Crippen molar-refractivity contribution in [2.75, 3.05) is 26.2 Å². The highest BCUT2D eigenvalue weighted by Gasteiger charge is 2.33. The fourth-order valence-corrected chi connectivity index (χ4v) is 6.53. The smallest absolute Gasteiger partial charge is 0.243 e. The monoisotopic (exact) mass is 507 g/mol. The van der Waals surface area contributed by atoms with Crippen molar-refractivity contribution in [3.05, 3.63) is 78.6 Å². The standard InChI is InChI=1S/C28H33N3O4S/c1-22-3-2-4-27(21-22)35-24-5-7-28(8-6-24)36(32,33)31-19-11-23(12-20-31)30-17-13-26(14-18-30)34-25-9-15-29-16-10-25/h2-10,15-16,21,23,26H,11-14,17-20H2,1H3. The van der Waals surface area contributed by atoms with Crippen molar-refractivity contribution < 1.29 is 17.9 Å². The van der Waals surface area contributed by atoms with Crippen molar-refractivity contribution in [2.24, 2.45) is 0 Å². The number of hydrogen-bond acceptors (Lipinski definition) is 6. The second-order valence-electron chi connectivity index (χ2n) is 9.56. The third-order valence-corrected chi connectivity index (χ3v) is 8.97. The van der Waals surface area contributed by atoms with Crippen molar-refractivity contribution in [1.82, 2.24) is 14.2 Å². The second kappa shape index (κ2) is 11.0. The summed E-state index contributed by atoms with van der Waals surface area (Å²) in [6, 6.07) is 18.7. The van der Waals surface area contributed by atoms with Gasteiger partial charge in [-0.25, -0.2) is 8.42 Å². The Bertz CT molecular complexity index is 1240. The highest BCUT2D eigenvalue weighted by atomic mass is 32.2. The number of aromatic nitrogens is 1. The molecule has 0 N–H and O–H groups in total. The summed E-state index contributed by atoms with van der Waals surface area (Å²) < 4.78 is 40.1. The quantitative estimate of drug-likeness (QED) is 0.454. The molecule has 0 atom stereocenters. The largest absolute Gasteiger partial charge is 0.490 e. The van der Waals surface area contributed by atoms with Gasteiger partial charge in [-0.3, -0.25) is 4.98 Å². The van der Waals surface area contributed by atoms with E-state index in [1.54, 1.807) is 41.0 Å². The van der Waals surface area contributed by atoms with Crippen LogP contribution in [0.2, 0.25) is 0 Å². The molecule has 0 spiro atoms. The van der Waals surface area contributed by atoms with E-state index in [4.69, 9.17) is 9.47 Å². The van der Waals surface area contributed by atoms with Crippen LogP contribution in [0.15, 0.2) is 78.0 Å². The number of ether oxygens (including phenoxy) is 2. The van der Waals surface area contributed by atoms with Crippen LogP contribution in [-0.2, 0) is 10.0 Å². The molecule has 7 nitrogen and oxygen atoms in total. The number of sulfonamides is 1. The molecule has 2 aliphatic rings. The minimum Gasteiger partial charge on any atom is -0.490 e. The summed E-state index contributed by atoms with van der Waals surface area (Å²) in [5.74, 6) is 2.23. The first kappa shape index (κ1) is 24.7. The van der Waals surface area contributed by atoms with Gasteiger partial charge in [0.25, 0.3) is 0 Å². The van der Waals surface area contributed by atoms with Gasteiger partial charge >= 0.3 is 0 Å². The summed E-state index contributed by atoms with van der Waals surface area (Å²) in [4.78, 5) is 6.85. The maximum absolute atomic E-state index is 13.3. The molecule has 190 valence electrons. The van der Waals surface area contributed by atoms with Gasteiger partial charge in [0.1, 0.15) is 23.4 Å². The molecule has 0 radical (unpaired) electrons. The first-order valence-corrected chi connectivity index (χ1v) is 14.1. The number of aryl methyl sites for hydroxylation is 1. The van der Waals surface area contributed by atoms with Gasteiger partial charge in [0.05, 0.1) is 4.90 Å². The van der Waals surface area contributed by atoms with E-state index in [1.165, 1.54) is 0 Å². The Morgan fingerprint density at radius 3 is 2.17 bits per heavy atom. The second-order valence-corrected chi connectivity index (χ2v) is 11.5. The average Bonchev–Trinajstić information content (AvgIpc) is 2.90. The van der Waals surface area contributed by atoms with Crippen LogP contribution in [0, 0.1) is 6.92 Å². The molecule has 0 saturated carbocycles. The van der Waals surface area contributed by atoms with Crippen LogP contribution in [0.5, 0.6) is 17.2 Å². The molecule has 2 aromatic carbocycles. The molecule has 36 heavy (non-hydrogen) atoms. The number of piperidine rings is 2. The summed E-state index contributed by atoms with van der Waals surface area (Å²) in [6.45, 7) is 5.06. The number of nitrogens with zero attached hydrogens (tertiary/aromatic N) is 3. The van der Waals surface area contributed by atoms with Crippen LogP contribution in [0.4, 0.5) is 0 Å². The van der Waals surface area contributed by atoms with Crippen LogP contribution in [0.3, 0.4) is 0 Å². The molecule has 1 aromatic heterocycles. The van der Waals surface area contributed by atoms with E-state index in [0.717, 1.165) is 55.8 Å². The lowest BCUT2D eigenvalue weighted by atomic mass is 10.00. The van der Waals surface area contributed by atoms with Gasteiger partial charge in [-0.15, -0.1) is 0 Å². The fourth-order valence-electron chi connectivity index (χ4n) is 5.06. The normalized spacial score (nSPS) is 18.7. The SMILES string of the molecule is Cc1cccc(Oc2ccc(S(=O)(=O)N3CCC(N4CCC(Oc5ccncc5)CC4)CC3)cc2)c1. The van der Waals surface area contributed by atoms with Gasteiger partial charge in [-0.2, -0.15) is 4.31 Å². The molecule has 0 unspecified atom stereocenters. The zero-order valence-electron chi connectivity index (χ0n) is 20.6. The average molecular weight is 508 g/mol. The van der Waals surface area contributed by atoms with Crippen molar-refractivity contribution >= 4 is 10.0 Å². The Morgan fingerprint density at radius 1 is 0.806 bits per heavy atom. The highest BCUT2D eigenvalue weighted by Crippen LogP contribution is 2.28. The minimum absolute atomic E-state index is 0.224. The van der Waals surface area contributed by atoms with E-state index in [9.17, 15) is 8.42 Å². The Labute approximate surface area is 213 Å². The predicted molar refractivity (Wildman–Crippen MR) is 139 cm³/mol. The fraction of sp³-hybridized carbons (Fsp3) is 0.393. The molecule has 2 aliphatic heterocycles. The third-order valence-electron chi connectivity index (χ3n) is 7.06. The van der Waals surface area contributed by atoms with Crippen molar-refractivity contribution in [3.63, 3.8) is 0 Å². The van der Waals surface area contributed by atoms with Crippen LogP contribution >= 0.6 is 0 Å².